The van der Waals surface area contributed by atoms with E-state index in [-0.39, 0.29) is 31.0 Å². The summed E-state index contributed by atoms with van der Waals surface area (Å²) in [4.78, 5) is 19.3. The number of hydrogen-bond donors (Lipinski definition) is 1. The van der Waals surface area contributed by atoms with Crippen LogP contribution < -0.4 is 10.2 Å². The van der Waals surface area contributed by atoms with E-state index >= 15 is 0 Å². The van der Waals surface area contributed by atoms with Crippen LogP contribution in [-0.2, 0) is 0 Å². The third-order valence-electron chi connectivity index (χ3n) is 5.36. The monoisotopic (exact) mass is 398 g/mol. The van der Waals surface area contributed by atoms with Gasteiger partial charge in [0.15, 0.2) is 0 Å². The number of nitriles is 1. The first-order valence-electron chi connectivity index (χ1n) is 9.64. The first-order chi connectivity index (χ1) is 13.7. The number of carbonyl (C=O) groups excluding carboxylic acids is 1. The molecule has 1 fully saturated rings. The first kappa shape index (κ1) is 20.7. The van der Waals surface area contributed by atoms with E-state index in [0.717, 1.165) is 5.56 Å². The highest BCUT2D eigenvalue weighted by Gasteiger charge is 2.34. The fourth-order valence-electron chi connectivity index (χ4n) is 3.58. The van der Waals surface area contributed by atoms with Crippen molar-refractivity contribution >= 4 is 17.4 Å². The second-order valence-corrected chi connectivity index (χ2v) is 7.54. The number of alkyl halides is 2. The summed E-state index contributed by atoms with van der Waals surface area (Å²) in [6, 6.07) is 9.46. The van der Waals surface area contributed by atoms with E-state index in [9.17, 15) is 18.8 Å². The van der Waals surface area contributed by atoms with Gasteiger partial charge in [0.25, 0.3) is 5.91 Å². The molecule has 0 atom stereocenters. The van der Waals surface area contributed by atoms with Crippen molar-refractivity contribution in [2.45, 2.75) is 46.0 Å². The van der Waals surface area contributed by atoms with Gasteiger partial charge in [-0.15, -0.1) is 0 Å². The number of anilines is 2. The SMILES string of the molecule is Cc1cccc(NC(=O)c2c(N3CCCC(F)(F)CC3)nc(C#N)c(C)c2C)c1. The maximum Gasteiger partial charge on any atom is 0.259 e. The minimum absolute atomic E-state index is 0.0814. The van der Waals surface area contributed by atoms with Crippen molar-refractivity contribution in [3.8, 4) is 6.07 Å². The number of hydrogen-bond acceptors (Lipinski definition) is 4. The summed E-state index contributed by atoms with van der Waals surface area (Å²) in [6.07, 6.45) is -0.199. The molecular formula is C22H24F2N4O. The van der Waals surface area contributed by atoms with Crippen LogP contribution in [0.1, 0.15) is 52.0 Å². The Kier molecular flexibility index (Phi) is 5.83. The topological polar surface area (TPSA) is 69.0 Å². The Balaban J connectivity index is 2.04. The zero-order valence-corrected chi connectivity index (χ0v) is 16.9. The van der Waals surface area contributed by atoms with Crippen LogP contribution >= 0.6 is 0 Å². The summed E-state index contributed by atoms with van der Waals surface area (Å²) in [6.45, 7) is 5.87. The Bertz CT molecular complexity index is 982. The van der Waals surface area contributed by atoms with Crippen molar-refractivity contribution < 1.29 is 13.6 Å². The van der Waals surface area contributed by atoms with E-state index in [1.54, 1.807) is 24.8 Å². The van der Waals surface area contributed by atoms with E-state index in [0.29, 0.717) is 41.2 Å². The Morgan fingerprint density at radius 2 is 1.97 bits per heavy atom. The molecule has 2 heterocycles. The average Bonchev–Trinajstić information content (AvgIpc) is 2.84. The zero-order chi connectivity index (χ0) is 21.2. The van der Waals surface area contributed by atoms with Gasteiger partial charge in [0.05, 0.1) is 5.56 Å². The maximum atomic E-state index is 13.8. The summed E-state index contributed by atoms with van der Waals surface area (Å²) >= 11 is 0. The van der Waals surface area contributed by atoms with Gasteiger partial charge in [-0.2, -0.15) is 5.26 Å². The van der Waals surface area contributed by atoms with Gasteiger partial charge in [0, 0.05) is 31.6 Å². The van der Waals surface area contributed by atoms with Gasteiger partial charge in [-0.1, -0.05) is 12.1 Å². The van der Waals surface area contributed by atoms with E-state index in [1.807, 2.05) is 25.1 Å². The van der Waals surface area contributed by atoms with Crippen LogP contribution in [-0.4, -0.2) is 29.9 Å². The Labute approximate surface area is 169 Å². The fraction of sp³-hybridized carbons (Fsp3) is 0.409. The molecule has 1 saturated heterocycles. The highest BCUT2D eigenvalue weighted by atomic mass is 19.3. The predicted molar refractivity (Wildman–Crippen MR) is 109 cm³/mol. The Hall–Kier alpha value is -3.01. The van der Waals surface area contributed by atoms with E-state index in [1.165, 1.54) is 0 Å². The zero-order valence-electron chi connectivity index (χ0n) is 16.9. The minimum Gasteiger partial charge on any atom is -0.356 e. The quantitative estimate of drug-likeness (QED) is 0.810. The molecule has 0 aliphatic carbocycles. The van der Waals surface area contributed by atoms with Gasteiger partial charge in [0.1, 0.15) is 17.6 Å². The first-order valence-corrected chi connectivity index (χ1v) is 9.64. The number of carbonyl (C=O) groups is 1. The lowest BCUT2D eigenvalue weighted by Crippen LogP contribution is -2.30. The van der Waals surface area contributed by atoms with Gasteiger partial charge in [-0.05, 0) is 56.0 Å². The van der Waals surface area contributed by atoms with Crippen molar-refractivity contribution in [2.24, 2.45) is 0 Å². The molecule has 0 unspecified atom stereocenters. The van der Waals surface area contributed by atoms with Crippen molar-refractivity contribution in [1.29, 1.82) is 5.26 Å². The van der Waals surface area contributed by atoms with Crippen LogP contribution in [0, 0.1) is 32.1 Å². The second-order valence-electron chi connectivity index (χ2n) is 7.54. The van der Waals surface area contributed by atoms with Crippen LogP contribution in [0.3, 0.4) is 0 Å². The van der Waals surface area contributed by atoms with Gasteiger partial charge < -0.3 is 10.2 Å². The number of nitrogens with zero attached hydrogens (tertiary/aromatic N) is 3. The molecule has 7 heteroatoms. The summed E-state index contributed by atoms with van der Waals surface area (Å²) in [5.41, 5.74) is 3.43. The lowest BCUT2D eigenvalue weighted by atomic mass is 10.0. The maximum absolute atomic E-state index is 13.8. The third-order valence-corrected chi connectivity index (χ3v) is 5.36. The highest BCUT2D eigenvalue weighted by Crippen LogP contribution is 2.33. The largest absolute Gasteiger partial charge is 0.356 e. The molecule has 1 aromatic heterocycles. The number of pyridine rings is 1. The molecule has 1 aliphatic rings. The van der Waals surface area contributed by atoms with Crippen LogP contribution in [0.5, 0.6) is 0 Å². The van der Waals surface area contributed by atoms with Crippen molar-refractivity contribution in [2.75, 3.05) is 23.3 Å². The van der Waals surface area contributed by atoms with Crippen molar-refractivity contribution in [3.63, 3.8) is 0 Å². The molecule has 1 aliphatic heterocycles. The molecule has 29 heavy (non-hydrogen) atoms. The standard InChI is InChI=1S/C22H24F2N4O/c1-14-6-4-7-17(12-14)26-21(29)19-16(3)15(2)18(13-25)27-20(19)28-10-5-8-22(23,24)9-11-28/h4,6-7,12H,5,8-11H2,1-3H3,(H,26,29). The van der Waals surface area contributed by atoms with Crippen LogP contribution in [0.4, 0.5) is 20.3 Å². The summed E-state index contributed by atoms with van der Waals surface area (Å²) < 4.78 is 27.7. The third kappa shape index (κ3) is 4.53. The Morgan fingerprint density at radius 3 is 2.66 bits per heavy atom. The number of aromatic nitrogens is 1. The van der Waals surface area contributed by atoms with Crippen LogP contribution in [0.15, 0.2) is 24.3 Å². The number of rotatable bonds is 3. The molecule has 0 bridgehead atoms. The number of aryl methyl sites for hydroxylation is 1. The highest BCUT2D eigenvalue weighted by molar-refractivity contribution is 6.09. The molecule has 0 saturated carbocycles. The van der Waals surface area contributed by atoms with Gasteiger partial charge in [0.2, 0.25) is 5.92 Å². The predicted octanol–water partition coefficient (Wildman–Crippen LogP) is 4.76. The number of benzene rings is 1. The summed E-state index contributed by atoms with van der Waals surface area (Å²) in [7, 11) is 0. The Morgan fingerprint density at radius 1 is 1.21 bits per heavy atom. The van der Waals surface area contributed by atoms with E-state index in [2.05, 4.69) is 16.4 Å². The molecule has 0 radical (unpaired) electrons. The summed E-state index contributed by atoms with van der Waals surface area (Å²) in [5.74, 6) is -2.79. The van der Waals surface area contributed by atoms with E-state index < -0.39 is 5.92 Å². The molecule has 5 nitrogen and oxygen atoms in total. The average molecular weight is 398 g/mol. The lowest BCUT2D eigenvalue weighted by Gasteiger charge is -2.26. The van der Waals surface area contributed by atoms with Gasteiger partial charge in [-0.3, -0.25) is 4.79 Å². The van der Waals surface area contributed by atoms with Crippen molar-refractivity contribution in [3.05, 3.63) is 52.2 Å². The molecule has 1 N–H and O–H groups in total. The molecule has 2 aromatic rings. The van der Waals surface area contributed by atoms with E-state index in [4.69, 9.17) is 0 Å². The number of halogens is 2. The number of amides is 1. The fourth-order valence-corrected chi connectivity index (χ4v) is 3.58. The van der Waals surface area contributed by atoms with Crippen molar-refractivity contribution in [1.82, 2.24) is 4.98 Å². The smallest absolute Gasteiger partial charge is 0.259 e. The van der Waals surface area contributed by atoms with Gasteiger partial charge in [-0.25, -0.2) is 13.8 Å². The normalized spacial score (nSPS) is 16.1. The second kappa shape index (κ2) is 8.16. The minimum atomic E-state index is -2.73. The summed E-state index contributed by atoms with van der Waals surface area (Å²) in [5, 5.41) is 12.3. The van der Waals surface area contributed by atoms with Crippen LogP contribution in [0.25, 0.3) is 0 Å². The van der Waals surface area contributed by atoms with Gasteiger partial charge >= 0.3 is 0 Å². The number of nitrogens with one attached hydrogen (secondary N) is 1. The molecule has 1 aromatic carbocycles. The molecule has 1 amide bonds. The molecular weight excluding hydrogens is 374 g/mol. The molecule has 0 spiro atoms. The molecule has 152 valence electrons. The molecule has 3 rings (SSSR count). The van der Waals surface area contributed by atoms with Crippen LogP contribution in [0.2, 0.25) is 0 Å². The lowest BCUT2D eigenvalue weighted by molar-refractivity contribution is -0.0102.